The van der Waals surface area contributed by atoms with E-state index in [1.807, 2.05) is 12.1 Å². The van der Waals surface area contributed by atoms with E-state index in [1.54, 1.807) is 14.2 Å². The lowest BCUT2D eigenvalue weighted by Gasteiger charge is -2.39. The Balaban J connectivity index is 1.95. The van der Waals surface area contributed by atoms with E-state index in [0.717, 1.165) is 39.6 Å². The number of fused-ring (bicyclic) bond motifs is 2. The lowest BCUT2D eigenvalue weighted by atomic mass is 9.45. The van der Waals surface area contributed by atoms with E-state index in [4.69, 9.17) is 24.7 Å². The SMILES string of the molecule is COCCOCC#C[B-]1(C#CCOCCOC)n2c(C)cc(C)c2C(c2ccc(N)cc2)=C2C(C)=CC(C)=[N+]21. The Morgan fingerprint density at radius 1 is 0.872 bits per heavy atom. The van der Waals surface area contributed by atoms with Crippen LogP contribution in [0.15, 0.2) is 47.7 Å². The van der Waals surface area contributed by atoms with Gasteiger partial charge < -0.3 is 33.6 Å². The third-order valence-corrected chi connectivity index (χ3v) is 7.08. The van der Waals surface area contributed by atoms with Crippen LogP contribution in [-0.2, 0) is 18.9 Å². The van der Waals surface area contributed by atoms with E-state index >= 15 is 0 Å². The zero-order valence-electron chi connectivity index (χ0n) is 23.9. The van der Waals surface area contributed by atoms with Crippen LogP contribution in [0, 0.1) is 37.3 Å². The van der Waals surface area contributed by atoms with Gasteiger partial charge in [-0.15, -0.1) is 11.8 Å². The number of aromatic nitrogens is 1. The highest BCUT2D eigenvalue weighted by molar-refractivity contribution is 6.87. The van der Waals surface area contributed by atoms with Gasteiger partial charge in [0.1, 0.15) is 18.9 Å². The minimum absolute atomic E-state index is 0.288. The first kappa shape index (κ1) is 28.5. The fourth-order valence-corrected chi connectivity index (χ4v) is 5.58. The van der Waals surface area contributed by atoms with Crippen LogP contribution >= 0.6 is 0 Å². The highest BCUT2D eigenvalue weighted by atomic mass is 16.5. The van der Waals surface area contributed by atoms with Crippen molar-refractivity contribution >= 4 is 23.4 Å². The van der Waals surface area contributed by atoms with Gasteiger partial charge in [0.2, 0.25) is 0 Å². The number of nitrogens with zero attached hydrogens (tertiary/aromatic N) is 2. The third-order valence-electron chi connectivity index (χ3n) is 7.08. The summed E-state index contributed by atoms with van der Waals surface area (Å²) in [5.74, 6) is 13.8. The van der Waals surface area contributed by atoms with Gasteiger partial charge in [-0.25, -0.2) is 0 Å². The second kappa shape index (κ2) is 12.6. The summed E-state index contributed by atoms with van der Waals surface area (Å²) in [7, 11) is 3.32. The number of rotatable bonds is 9. The quantitative estimate of drug-likeness (QED) is 0.234. The predicted molar refractivity (Wildman–Crippen MR) is 158 cm³/mol. The highest BCUT2D eigenvalue weighted by Crippen LogP contribution is 2.43. The summed E-state index contributed by atoms with van der Waals surface area (Å²) in [4.78, 5) is 0. The molecule has 1 aromatic carbocycles. The van der Waals surface area contributed by atoms with Crippen molar-refractivity contribution in [3.8, 4) is 23.5 Å². The number of nitrogens with two attached hydrogens (primary N) is 1. The molecule has 7 nitrogen and oxygen atoms in total. The molecule has 2 N–H and O–H groups in total. The van der Waals surface area contributed by atoms with Gasteiger partial charge in [-0.3, -0.25) is 0 Å². The number of benzene rings is 1. The molecule has 2 aliphatic heterocycles. The number of hydrogen-bond donors (Lipinski definition) is 1. The second-order valence-electron chi connectivity index (χ2n) is 9.88. The van der Waals surface area contributed by atoms with Crippen LogP contribution in [-0.4, -0.2) is 75.0 Å². The fraction of sp³-hybridized carbons (Fsp3) is 0.387. The van der Waals surface area contributed by atoms with Gasteiger partial charge in [0.25, 0.3) is 0 Å². The standard InChI is InChI=1S/C31H38BN3O4/c1-23-21-25(3)34-30(23)29(27-9-11-28(33)12-10-27)31-24(2)22-26(4)35(31)32(34,13-7-15-38-19-17-36-5)14-8-16-39-20-18-37-6/h9-12,21-22H,15-20,33H2,1-6H3. The van der Waals surface area contributed by atoms with E-state index in [1.165, 1.54) is 11.1 Å². The monoisotopic (exact) mass is 527 g/mol. The zero-order chi connectivity index (χ0) is 28.0. The van der Waals surface area contributed by atoms with Gasteiger partial charge in [-0.2, -0.15) is 11.6 Å². The van der Waals surface area contributed by atoms with Crippen molar-refractivity contribution in [3.05, 3.63) is 70.2 Å². The van der Waals surface area contributed by atoms with Crippen LogP contribution in [0.4, 0.5) is 5.69 Å². The molecule has 0 amide bonds. The van der Waals surface area contributed by atoms with Crippen LogP contribution < -0.4 is 5.73 Å². The number of aryl methyl sites for hydroxylation is 2. The van der Waals surface area contributed by atoms with Crippen LogP contribution in [0.2, 0.25) is 0 Å². The highest BCUT2D eigenvalue weighted by Gasteiger charge is 2.50. The first-order valence-electron chi connectivity index (χ1n) is 13.3. The molecule has 0 fully saturated rings. The van der Waals surface area contributed by atoms with E-state index in [2.05, 4.69) is 84.4 Å². The Morgan fingerprint density at radius 2 is 1.46 bits per heavy atom. The summed E-state index contributed by atoms with van der Waals surface area (Å²) in [5.41, 5.74) is 15.8. The fourth-order valence-electron chi connectivity index (χ4n) is 5.58. The Kier molecular flexibility index (Phi) is 9.17. The summed E-state index contributed by atoms with van der Waals surface area (Å²) >= 11 is 0. The molecule has 4 rings (SSSR count). The lowest BCUT2D eigenvalue weighted by Crippen LogP contribution is -2.57. The second-order valence-corrected chi connectivity index (χ2v) is 9.88. The average molecular weight is 527 g/mol. The van der Waals surface area contributed by atoms with Crippen LogP contribution in [0.3, 0.4) is 0 Å². The first-order chi connectivity index (χ1) is 18.9. The van der Waals surface area contributed by atoms with Gasteiger partial charge in [-0.1, -0.05) is 12.1 Å². The molecule has 2 aromatic rings. The zero-order valence-corrected chi connectivity index (χ0v) is 23.9. The number of anilines is 1. The molecule has 0 saturated carbocycles. The lowest BCUT2D eigenvalue weighted by molar-refractivity contribution is -0.329. The van der Waals surface area contributed by atoms with Crippen LogP contribution in [0.1, 0.15) is 36.4 Å². The molecule has 3 heterocycles. The maximum absolute atomic E-state index is 6.06. The smallest absolute Gasteiger partial charge is 0.435 e. The Morgan fingerprint density at radius 3 is 2.03 bits per heavy atom. The first-order valence-corrected chi connectivity index (χ1v) is 13.3. The molecule has 0 aliphatic carbocycles. The Hall–Kier alpha value is -3.53. The van der Waals surface area contributed by atoms with Crippen molar-refractivity contribution in [3.63, 3.8) is 0 Å². The van der Waals surface area contributed by atoms with Gasteiger partial charge in [0.15, 0.2) is 5.70 Å². The van der Waals surface area contributed by atoms with Crippen LogP contribution in [0.25, 0.3) is 5.57 Å². The van der Waals surface area contributed by atoms with Gasteiger partial charge in [0.05, 0.1) is 32.0 Å². The number of hydrogen-bond acceptors (Lipinski definition) is 5. The molecule has 0 saturated heterocycles. The maximum atomic E-state index is 6.06. The number of ether oxygens (including phenoxy) is 4. The molecule has 8 heteroatoms. The van der Waals surface area contributed by atoms with Crippen molar-refractivity contribution in [1.82, 2.24) is 4.48 Å². The van der Waals surface area contributed by atoms with Crippen molar-refractivity contribution < 1.29 is 23.4 Å². The third kappa shape index (κ3) is 5.61. The summed E-state index contributed by atoms with van der Waals surface area (Å²) in [6.07, 6.45) is 0.297. The van der Waals surface area contributed by atoms with E-state index < -0.39 is 6.42 Å². The molecule has 0 bridgehead atoms. The molecule has 204 valence electrons. The summed E-state index contributed by atoms with van der Waals surface area (Å²) < 4.78 is 26.3. The average Bonchev–Trinajstić information content (AvgIpc) is 3.39. The van der Waals surface area contributed by atoms with E-state index in [-0.39, 0.29) is 13.2 Å². The van der Waals surface area contributed by atoms with Gasteiger partial charge in [0, 0.05) is 44.2 Å². The topological polar surface area (TPSA) is 70.9 Å². The molecule has 0 radical (unpaired) electrons. The molecular weight excluding hydrogens is 489 g/mol. The van der Waals surface area contributed by atoms with Crippen molar-refractivity contribution in [2.45, 2.75) is 27.7 Å². The molecular formula is C31H38BN3O4. The Bertz CT molecular complexity index is 1410. The molecule has 2 aliphatic rings. The number of methoxy groups -OCH3 is 2. The summed E-state index contributed by atoms with van der Waals surface area (Å²) in [6, 6.07) is 10.3. The van der Waals surface area contributed by atoms with Crippen molar-refractivity contribution in [2.24, 2.45) is 0 Å². The molecule has 1 aromatic heterocycles. The van der Waals surface area contributed by atoms with Gasteiger partial charge >= 0.3 is 6.42 Å². The largest absolute Gasteiger partial charge is 0.520 e. The molecule has 0 unspecified atom stereocenters. The minimum atomic E-state index is -1.92. The predicted octanol–water partition coefficient (Wildman–Crippen LogP) is 3.59. The maximum Gasteiger partial charge on any atom is 0.520 e. The number of nitrogen functional groups attached to an aromatic ring is 1. The molecule has 0 atom stereocenters. The van der Waals surface area contributed by atoms with Crippen LogP contribution in [0.5, 0.6) is 0 Å². The van der Waals surface area contributed by atoms with E-state index in [9.17, 15) is 0 Å². The minimum Gasteiger partial charge on any atom is -0.435 e. The summed E-state index contributed by atoms with van der Waals surface area (Å²) in [6.45, 7) is 11.1. The molecule has 39 heavy (non-hydrogen) atoms. The normalized spacial score (nSPS) is 15.3. The van der Waals surface area contributed by atoms with E-state index in [0.29, 0.717) is 26.4 Å². The van der Waals surface area contributed by atoms with Crippen molar-refractivity contribution in [2.75, 3.05) is 59.6 Å². The van der Waals surface area contributed by atoms with Gasteiger partial charge in [-0.05, 0) is 55.8 Å². The Labute approximate surface area is 232 Å². The number of allylic oxidation sites excluding steroid dienone is 2. The summed E-state index contributed by atoms with van der Waals surface area (Å²) in [5, 5.41) is 0. The molecule has 0 spiro atoms. The van der Waals surface area contributed by atoms with Crippen molar-refractivity contribution in [1.29, 1.82) is 0 Å².